The molecule has 1 heterocycles. The summed E-state index contributed by atoms with van der Waals surface area (Å²) in [5.74, 6) is 0.630. The summed E-state index contributed by atoms with van der Waals surface area (Å²) in [6, 6.07) is 9.13. The van der Waals surface area contributed by atoms with Crippen LogP contribution in [0.3, 0.4) is 0 Å². The standard InChI is InChI=1S/C22H31N5O2/c1-4-6-14-29-26-22(25-19(23)7-5-2)20-16(3)12-13-27(20)15-17-8-10-18(11-9-17)21(24)28/h8-13,26H,3-7,14-15H2,1-2H3,(H2,23,25)(H2,24,28)/b22-20-. The van der Waals surface area contributed by atoms with E-state index in [-0.39, 0.29) is 0 Å². The zero-order valence-electron chi connectivity index (χ0n) is 17.3. The van der Waals surface area contributed by atoms with Crippen molar-refractivity contribution in [3.63, 3.8) is 0 Å². The van der Waals surface area contributed by atoms with Crippen LogP contribution >= 0.6 is 0 Å². The summed E-state index contributed by atoms with van der Waals surface area (Å²) < 4.78 is 2.02. The summed E-state index contributed by atoms with van der Waals surface area (Å²) in [5.41, 5.74) is 15.9. The van der Waals surface area contributed by atoms with Gasteiger partial charge < -0.3 is 16.0 Å². The van der Waals surface area contributed by atoms with Gasteiger partial charge in [0.25, 0.3) is 0 Å². The number of aliphatic imine (C=N–C) groups is 1. The van der Waals surface area contributed by atoms with Crippen LogP contribution in [0.4, 0.5) is 0 Å². The van der Waals surface area contributed by atoms with Crippen molar-refractivity contribution in [3.05, 3.63) is 58.2 Å². The van der Waals surface area contributed by atoms with Crippen molar-refractivity contribution in [2.45, 2.75) is 46.1 Å². The second kappa shape index (κ2) is 11.1. The van der Waals surface area contributed by atoms with Gasteiger partial charge >= 0.3 is 0 Å². The van der Waals surface area contributed by atoms with E-state index < -0.39 is 5.91 Å². The Hall–Kier alpha value is -3.06. The normalized spacial score (nSPS) is 12.7. The largest absolute Gasteiger partial charge is 0.387 e. The first-order chi connectivity index (χ1) is 14.0. The molecule has 2 aromatic rings. The fourth-order valence-electron chi connectivity index (χ4n) is 2.82. The maximum absolute atomic E-state index is 11.3. The van der Waals surface area contributed by atoms with Gasteiger partial charge in [0.05, 0.1) is 12.0 Å². The molecule has 0 aliphatic rings. The number of carbonyl (C=O) groups excluding carboxylic acids is 1. The molecule has 0 aliphatic carbocycles. The molecule has 29 heavy (non-hydrogen) atoms. The number of nitrogens with two attached hydrogens (primary N) is 2. The van der Waals surface area contributed by atoms with Crippen LogP contribution in [0.2, 0.25) is 0 Å². The van der Waals surface area contributed by atoms with Crippen molar-refractivity contribution < 1.29 is 9.63 Å². The summed E-state index contributed by atoms with van der Waals surface area (Å²) in [7, 11) is 0. The number of amides is 1. The molecule has 0 fully saturated rings. The monoisotopic (exact) mass is 397 g/mol. The minimum absolute atomic E-state index is 0.442. The summed E-state index contributed by atoms with van der Waals surface area (Å²) in [5, 5.41) is 1.62. The number of nitrogens with zero attached hydrogens (tertiary/aromatic N) is 2. The zero-order valence-corrected chi connectivity index (χ0v) is 17.3. The molecule has 0 saturated heterocycles. The fourth-order valence-corrected chi connectivity index (χ4v) is 2.82. The van der Waals surface area contributed by atoms with Crippen molar-refractivity contribution in [2.75, 3.05) is 6.61 Å². The van der Waals surface area contributed by atoms with Crippen molar-refractivity contribution in [2.24, 2.45) is 16.5 Å². The Morgan fingerprint density at radius 3 is 2.52 bits per heavy atom. The number of unbranched alkanes of at least 4 members (excludes halogenated alkanes) is 1. The van der Waals surface area contributed by atoms with E-state index >= 15 is 0 Å². The summed E-state index contributed by atoms with van der Waals surface area (Å²) in [4.78, 5) is 21.4. The van der Waals surface area contributed by atoms with Gasteiger partial charge in [-0.25, -0.2) is 10.5 Å². The minimum atomic E-state index is -0.442. The van der Waals surface area contributed by atoms with E-state index in [4.69, 9.17) is 16.3 Å². The molecule has 2 rings (SSSR count). The van der Waals surface area contributed by atoms with Gasteiger partial charge in [0.2, 0.25) is 5.91 Å². The minimum Gasteiger partial charge on any atom is -0.387 e. The van der Waals surface area contributed by atoms with E-state index in [0.717, 1.165) is 35.4 Å². The molecular weight excluding hydrogens is 366 g/mol. The predicted molar refractivity (Wildman–Crippen MR) is 117 cm³/mol. The molecule has 156 valence electrons. The Bertz CT molecular complexity index is 945. The third-order valence-corrected chi connectivity index (χ3v) is 4.39. The molecule has 7 heteroatoms. The second-order valence-corrected chi connectivity index (χ2v) is 6.88. The van der Waals surface area contributed by atoms with Gasteiger partial charge in [0.15, 0.2) is 5.82 Å². The van der Waals surface area contributed by atoms with E-state index in [0.29, 0.717) is 36.8 Å². The number of carbonyl (C=O) groups is 1. The van der Waals surface area contributed by atoms with Crippen LogP contribution in [0.15, 0.2) is 41.5 Å². The van der Waals surface area contributed by atoms with Gasteiger partial charge in [-0.15, -0.1) is 0 Å². The Morgan fingerprint density at radius 1 is 1.17 bits per heavy atom. The molecule has 0 saturated carbocycles. The molecule has 1 aromatic carbocycles. The average Bonchev–Trinajstić information content (AvgIpc) is 3.05. The highest BCUT2D eigenvalue weighted by Gasteiger charge is 2.07. The van der Waals surface area contributed by atoms with Crippen molar-refractivity contribution in [1.82, 2.24) is 10.0 Å². The maximum atomic E-state index is 11.3. The van der Waals surface area contributed by atoms with Crippen molar-refractivity contribution in [3.8, 4) is 0 Å². The molecule has 0 spiro atoms. The number of nitrogens with one attached hydrogen (secondary N) is 1. The molecule has 0 radical (unpaired) electrons. The lowest BCUT2D eigenvalue weighted by Gasteiger charge is -2.11. The van der Waals surface area contributed by atoms with Crippen molar-refractivity contribution in [1.29, 1.82) is 0 Å². The lowest BCUT2D eigenvalue weighted by Crippen LogP contribution is -2.36. The quantitative estimate of drug-likeness (QED) is 0.232. The number of rotatable bonds is 11. The molecule has 1 aromatic heterocycles. The lowest BCUT2D eigenvalue weighted by atomic mass is 10.1. The number of hydrogen-bond acceptors (Lipinski definition) is 4. The molecule has 7 nitrogen and oxygen atoms in total. The van der Waals surface area contributed by atoms with E-state index in [2.05, 4.69) is 30.9 Å². The van der Waals surface area contributed by atoms with Gasteiger partial charge in [-0.05, 0) is 41.8 Å². The summed E-state index contributed by atoms with van der Waals surface area (Å²) in [6.45, 7) is 9.44. The predicted octanol–water partition coefficient (Wildman–Crippen LogP) is 1.59. The average molecular weight is 398 g/mol. The molecule has 0 bridgehead atoms. The number of primary amides is 1. The van der Waals surface area contributed by atoms with Gasteiger partial charge in [-0.1, -0.05) is 39.0 Å². The highest BCUT2D eigenvalue weighted by Crippen LogP contribution is 2.05. The van der Waals surface area contributed by atoms with Crippen LogP contribution in [-0.4, -0.2) is 22.9 Å². The Morgan fingerprint density at radius 2 is 1.90 bits per heavy atom. The Kier molecular flexibility index (Phi) is 8.48. The van der Waals surface area contributed by atoms with Crippen LogP contribution < -0.4 is 27.5 Å². The zero-order chi connectivity index (χ0) is 21.2. The topological polar surface area (TPSA) is 108 Å². The van der Waals surface area contributed by atoms with E-state index in [1.165, 1.54) is 0 Å². The number of benzene rings is 1. The highest BCUT2D eigenvalue weighted by atomic mass is 16.6. The fraction of sp³-hybridized carbons (Fsp3) is 0.364. The molecule has 0 unspecified atom stereocenters. The summed E-state index contributed by atoms with van der Waals surface area (Å²) in [6.07, 6.45) is 5.53. The van der Waals surface area contributed by atoms with E-state index in [1.54, 1.807) is 12.1 Å². The van der Waals surface area contributed by atoms with Crippen LogP contribution in [0.1, 0.15) is 55.5 Å². The third-order valence-electron chi connectivity index (χ3n) is 4.39. The maximum Gasteiger partial charge on any atom is 0.248 e. The number of aromatic nitrogens is 1. The van der Waals surface area contributed by atoms with Gasteiger partial charge in [-0.3, -0.25) is 9.63 Å². The second-order valence-electron chi connectivity index (χ2n) is 6.88. The Labute approximate surface area is 171 Å². The van der Waals surface area contributed by atoms with Gasteiger partial charge in [0, 0.05) is 24.7 Å². The van der Waals surface area contributed by atoms with E-state index in [9.17, 15) is 4.79 Å². The first kappa shape index (κ1) is 22.2. The van der Waals surface area contributed by atoms with Crippen LogP contribution in [0.25, 0.3) is 12.4 Å². The van der Waals surface area contributed by atoms with Crippen LogP contribution in [0.5, 0.6) is 0 Å². The van der Waals surface area contributed by atoms with Crippen LogP contribution in [-0.2, 0) is 11.4 Å². The smallest absolute Gasteiger partial charge is 0.248 e. The van der Waals surface area contributed by atoms with Crippen molar-refractivity contribution >= 4 is 24.1 Å². The molecule has 5 N–H and O–H groups in total. The highest BCUT2D eigenvalue weighted by molar-refractivity contribution is 5.92. The first-order valence-electron chi connectivity index (χ1n) is 9.94. The number of hydroxylamine groups is 1. The third kappa shape index (κ3) is 6.50. The van der Waals surface area contributed by atoms with Gasteiger partial charge in [0.1, 0.15) is 5.84 Å². The lowest BCUT2D eigenvalue weighted by molar-refractivity contribution is 0.0738. The molecule has 0 atom stereocenters. The molecule has 0 aliphatic heterocycles. The van der Waals surface area contributed by atoms with Crippen LogP contribution in [0, 0.1) is 0 Å². The number of hydrogen-bond donors (Lipinski definition) is 3. The molecular formula is C22H31N5O2. The first-order valence-corrected chi connectivity index (χ1v) is 9.94. The number of amidine groups is 1. The van der Waals surface area contributed by atoms with Gasteiger partial charge in [-0.2, -0.15) is 0 Å². The molecule has 1 amide bonds. The Balaban J connectivity index is 2.41. The SMILES string of the molecule is C=c1ccn(Cc2ccc(C(N)=O)cc2)/c1=C(/N=C(/N)CCC)NOCCCC. The summed E-state index contributed by atoms with van der Waals surface area (Å²) >= 11 is 0. The van der Waals surface area contributed by atoms with E-state index in [1.807, 2.05) is 29.0 Å².